The first kappa shape index (κ1) is 17.5. The van der Waals surface area contributed by atoms with Gasteiger partial charge in [0.25, 0.3) is 11.8 Å². The predicted molar refractivity (Wildman–Crippen MR) is 85.8 cm³/mol. The summed E-state index contributed by atoms with van der Waals surface area (Å²) in [6, 6.07) is 4.57. The Morgan fingerprint density at radius 1 is 1.00 bits per heavy atom. The highest BCUT2D eigenvalue weighted by Crippen LogP contribution is 2.19. The fourth-order valence-electron chi connectivity index (χ4n) is 1.90. The Balaban J connectivity index is 2.22. The number of anilines is 1. The molecule has 0 saturated carbocycles. The number of carbonyl (C=O) groups excluding carboxylic acids is 2. The van der Waals surface area contributed by atoms with Crippen molar-refractivity contribution >= 4 is 17.5 Å². The van der Waals surface area contributed by atoms with Crippen molar-refractivity contribution < 1.29 is 18.4 Å². The van der Waals surface area contributed by atoms with E-state index < -0.39 is 34.7 Å². The van der Waals surface area contributed by atoms with Crippen molar-refractivity contribution in [3.8, 4) is 0 Å². The Hall–Kier alpha value is -2.83. The highest BCUT2D eigenvalue weighted by Gasteiger charge is 2.18. The van der Waals surface area contributed by atoms with Gasteiger partial charge in [-0.1, -0.05) is 6.07 Å². The molecule has 1 heterocycles. The fraction of sp³-hybridized carbons (Fsp3) is 0.235. The molecule has 1 aromatic carbocycles. The fourth-order valence-corrected chi connectivity index (χ4v) is 1.90. The second-order valence-electron chi connectivity index (χ2n) is 6.22. The number of hydrogen-bond donors (Lipinski definition) is 2. The van der Waals surface area contributed by atoms with E-state index in [2.05, 4.69) is 15.6 Å². The summed E-state index contributed by atoms with van der Waals surface area (Å²) in [4.78, 5) is 28.1. The zero-order valence-electron chi connectivity index (χ0n) is 13.5. The molecule has 0 fully saturated rings. The van der Waals surface area contributed by atoms with Gasteiger partial charge in [0.1, 0.15) is 17.3 Å². The van der Waals surface area contributed by atoms with Crippen LogP contribution in [0, 0.1) is 11.6 Å². The van der Waals surface area contributed by atoms with Crippen LogP contribution in [0.2, 0.25) is 0 Å². The number of benzene rings is 1. The van der Waals surface area contributed by atoms with Crippen molar-refractivity contribution in [1.82, 2.24) is 10.3 Å². The van der Waals surface area contributed by atoms with Crippen LogP contribution in [0.15, 0.2) is 36.7 Å². The summed E-state index contributed by atoms with van der Waals surface area (Å²) < 4.78 is 27.2. The molecular weight excluding hydrogens is 316 g/mol. The van der Waals surface area contributed by atoms with Crippen molar-refractivity contribution in [1.29, 1.82) is 0 Å². The van der Waals surface area contributed by atoms with Gasteiger partial charge < -0.3 is 10.6 Å². The lowest BCUT2D eigenvalue weighted by Gasteiger charge is -2.20. The summed E-state index contributed by atoms with van der Waals surface area (Å²) in [6.07, 6.45) is 2.52. The Labute approximate surface area is 138 Å². The lowest BCUT2D eigenvalue weighted by atomic mass is 10.1. The second-order valence-corrected chi connectivity index (χ2v) is 6.22. The highest BCUT2D eigenvalue weighted by atomic mass is 19.1. The number of para-hydroxylation sites is 1. The number of halogens is 2. The first-order chi connectivity index (χ1) is 11.2. The van der Waals surface area contributed by atoms with Crippen LogP contribution in [0.1, 0.15) is 41.5 Å². The Bertz CT molecular complexity index is 765. The molecule has 2 rings (SSSR count). The van der Waals surface area contributed by atoms with Crippen LogP contribution >= 0.6 is 0 Å². The number of pyridine rings is 1. The first-order valence-corrected chi connectivity index (χ1v) is 7.20. The lowest BCUT2D eigenvalue weighted by molar-refractivity contribution is 0.0919. The maximum Gasteiger partial charge on any atom is 0.257 e. The van der Waals surface area contributed by atoms with Gasteiger partial charge in [0.2, 0.25) is 0 Å². The number of nitrogens with zero attached hydrogens (tertiary/aromatic N) is 1. The molecule has 2 amide bonds. The maximum atomic E-state index is 13.6. The van der Waals surface area contributed by atoms with Gasteiger partial charge in [0.15, 0.2) is 0 Å². The molecule has 2 N–H and O–H groups in total. The molecule has 0 aliphatic rings. The van der Waals surface area contributed by atoms with E-state index in [0.29, 0.717) is 0 Å². The molecule has 0 spiro atoms. The van der Waals surface area contributed by atoms with Gasteiger partial charge in [-0.3, -0.25) is 14.6 Å². The van der Waals surface area contributed by atoms with E-state index in [1.54, 1.807) is 0 Å². The molecule has 0 aliphatic heterocycles. The summed E-state index contributed by atoms with van der Waals surface area (Å²) in [5, 5.41) is 4.89. The third kappa shape index (κ3) is 4.34. The van der Waals surface area contributed by atoms with Crippen LogP contribution in [0.25, 0.3) is 0 Å². The average molecular weight is 333 g/mol. The quantitative estimate of drug-likeness (QED) is 0.906. The summed E-state index contributed by atoms with van der Waals surface area (Å²) in [5.41, 5.74) is -0.816. The molecule has 0 saturated heterocycles. The monoisotopic (exact) mass is 333 g/mol. The average Bonchev–Trinajstić information content (AvgIpc) is 2.49. The van der Waals surface area contributed by atoms with E-state index in [4.69, 9.17) is 0 Å². The van der Waals surface area contributed by atoms with E-state index in [-0.39, 0.29) is 11.1 Å². The molecule has 0 bridgehead atoms. The number of aromatic nitrogens is 1. The van der Waals surface area contributed by atoms with Crippen LogP contribution in [0.3, 0.4) is 0 Å². The van der Waals surface area contributed by atoms with E-state index in [1.165, 1.54) is 24.5 Å². The van der Waals surface area contributed by atoms with Gasteiger partial charge in [-0.15, -0.1) is 0 Å². The largest absolute Gasteiger partial charge is 0.347 e. The zero-order chi connectivity index (χ0) is 17.9. The molecule has 0 radical (unpaired) electrons. The van der Waals surface area contributed by atoms with Crippen molar-refractivity contribution in [2.24, 2.45) is 0 Å². The van der Waals surface area contributed by atoms with E-state index >= 15 is 0 Å². The molecule has 5 nitrogen and oxygen atoms in total. The molecule has 0 unspecified atom stereocenters. The lowest BCUT2D eigenvalue weighted by Crippen LogP contribution is -2.40. The van der Waals surface area contributed by atoms with Crippen molar-refractivity contribution in [2.75, 3.05) is 5.32 Å². The Kier molecular flexibility index (Phi) is 4.92. The minimum atomic E-state index is -0.891. The van der Waals surface area contributed by atoms with Crippen LogP contribution in [0.5, 0.6) is 0 Å². The summed E-state index contributed by atoms with van der Waals surface area (Å²) in [6.45, 7) is 5.45. The topological polar surface area (TPSA) is 71.1 Å². The molecule has 126 valence electrons. The van der Waals surface area contributed by atoms with Gasteiger partial charge >= 0.3 is 0 Å². The van der Waals surface area contributed by atoms with Gasteiger partial charge in [-0.2, -0.15) is 0 Å². The number of amides is 2. The molecule has 24 heavy (non-hydrogen) atoms. The van der Waals surface area contributed by atoms with Crippen molar-refractivity contribution in [3.05, 3.63) is 59.4 Å². The maximum absolute atomic E-state index is 13.6. The number of rotatable bonds is 3. The van der Waals surface area contributed by atoms with E-state index in [9.17, 15) is 18.4 Å². The standard InChI is InChI=1S/C17H17F2N3O2/c1-17(2,3)22-16(24)11-7-10(8-20-9-11)15(23)21-14-12(18)5-4-6-13(14)19/h4-9H,1-3H3,(H,21,23)(H,22,24). The highest BCUT2D eigenvalue weighted by molar-refractivity contribution is 6.06. The molecule has 7 heteroatoms. The van der Waals surface area contributed by atoms with Crippen LogP contribution in [0.4, 0.5) is 14.5 Å². The SMILES string of the molecule is CC(C)(C)NC(=O)c1cncc(C(=O)Nc2c(F)cccc2F)c1. The number of hydrogen-bond acceptors (Lipinski definition) is 3. The third-order valence-corrected chi connectivity index (χ3v) is 2.95. The number of nitrogens with one attached hydrogen (secondary N) is 2. The van der Waals surface area contributed by atoms with Crippen LogP contribution < -0.4 is 10.6 Å². The molecule has 0 aliphatic carbocycles. The zero-order valence-corrected chi connectivity index (χ0v) is 13.5. The summed E-state index contributed by atoms with van der Waals surface area (Å²) in [7, 11) is 0. The minimum Gasteiger partial charge on any atom is -0.347 e. The van der Waals surface area contributed by atoms with Gasteiger partial charge in [-0.05, 0) is 39.0 Å². The molecule has 1 aromatic heterocycles. The van der Waals surface area contributed by atoms with E-state index in [1.807, 2.05) is 20.8 Å². The van der Waals surface area contributed by atoms with Crippen LogP contribution in [-0.2, 0) is 0 Å². The van der Waals surface area contributed by atoms with Gasteiger partial charge in [0, 0.05) is 17.9 Å². The summed E-state index contributed by atoms with van der Waals surface area (Å²) >= 11 is 0. The molecule has 0 atom stereocenters. The Morgan fingerprint density at radius 2 is 1.54 bits per heavy atom. The number of carbonyl (C=O) groups is 2. The van der Waals surface area contributed by atoms with Crippen LogP contribution in [-0.4, -0.2) is 22.3 Å². The minimum absolute atomic E-state index is 0.0132. The Morgan fingerprint density at radius 3 is 2.08 bits per heavy atom. The van der Waals surface area contributed by atoms with Gasteiger partial charge in [0.05, 0.1) is 11.1 Å². The normalized spacial score (nSPS) is 11.0. The van der Waals surface area contributed by atoms with Gasteiger partial charge in [-0.25, -0.2) is 8.78 Å². The predicted octanol–water partition coefficient (Wildman–Crippen LogP) is 3.14. The summed E-state index contributed by atoms with van der Waals surface area (Å²) in [5.74, 6) is -2.95. The second kappa shape index (κ2) is 6.74. The van der Waals surface area contributed by atoms with E-state index in [0.717, 1.165) is 12.1 Å². The first-order valence-electron chi connectivity index (χ1n) is 7.20. The smallest absolute Gasteiger partial charge is 0.257 e. The molecule has 2 aromatic rings. The van der Waals surface area contributed by atoms with Crippen molar-refractivity contribution in [3.63, 3.8) is 0 Å². The third-order valence-electron chi connectivity index (χ3n) is 2.95. The molecular formula is C17H17F2N3O2. The van der Waals surface area contributed by atoms with Crippen molar-refractivity contribution in [2.45, 2.75) is 26.3 Å².